The lowest BCUT2D eigenvalue weighted by Gasteiger charge is -2.20. The Labute approximate surface area is 165 Å². The van der Waals surface area contributed by atoms with Crippen LogP contribution in [-0.2, 0) is 24.1 Å². The highest BCUT2D eigenvalue weighted by molar-refractivity contribution is 5.76. The summed E-state index contributed by atoms with van der Waals surface area (Å²) in [5, 5.41) is 11.3. The van der Waals surface area contributed by atoms with Crippen molar-refractivity contribution in [3.8, 4) is 0 Å². The molecule has 5 rings (SSSR count). The number of nitrogens with zero attached hydrogens (tertiary/aromatic N) is 2. The molecule has 0 aliphatic heterocycles. The van der Waals surface area contributed by atoms with Crippen molar-refractivity contribution in [1.82, 2.24) is 15.5 Å². The van der Waals surface area contributed by atoms with Gasteiger partial charge in [-0.05, 0) is 54.4 Å². The monoisotopic (exact) mass is 377 g/mol. The number of aromatic nitrogens is 2. The highest BCUT2D eigenvalue weighted by atomic mass is 16.4. The van der Waals surface area contributed by atoms with Gasteiger partial charge in [0.2, 0.25) is 17.7 Å². The molecule has 1 amide bonds. The summed E-state index contributed by atoms with van der Waals surface area (Å²) in [6.45, 7) is 0.804. The molecule has 0 unspecified atom stereocenters. The molecular weight excluding hydrogens is 350 g/mol. The molecule has 5 nitrogen and oxygen atoms in total. The van der Waals surface area contributed by atoms with Crippen LogP contribution in [0.4, 0.5) is 0 Å². The fourth-order valence-corrected chi connectivity index (χ4v) is 5.30. The Morgan fingerprint density at radius 3 is 2.61 bits per heavy atom. The fourth-order valence-electron chi connectivity index (χ4n) is 5.30. The van der Waals surface area contributed by atoms with Crippen LogP contribution >= 0.6 is 0 Å². The van der Waals surface area contributed by atoms with E-state index in [2.05, 4.69) is 39.8 Å². The molecule has 1 aromatic carbocycles. The third kappa shape index (κ3) is 3.38. The maximum absolute atomic E-state index is 12.3. The van der Waals surface area contributed by atoms with Crippen LogP contribution in [0.1, 0.15) is 43.0 Å². The zero-order valence-electron chi connectivity index (χ0n) is 16.1. The summed E-state index contributed by atoms with van der Waals surface area (Å²) < 4.78 is 5.70. The molecule has 1 heterocycles. The van der Waals surface area contributed by atoms with E-state index in [0.29, 0.717) is 41.9 Å². The Balaban J connectivity index is 1.04. The Bertz CT molecular complexity index is 869. The number of allylic oxidation sites excluding steroid dienone is 2. The molecule has 2 saturated carbocycles. The summed E-state index contributed by atoms with van der Waals surface area (Å²) in [4.78, 5) is 12.3. The van der Waals surface area contributed by atoms with Crippen molar-refractivity contribution in [2.24, 2.45) is 23.2 Å². The summed E-state index contributed by atoms with van der Waals surface area (Å²) in [7, 11) is 0. The number of aryl methyl sites for hydroxylation is 3. The van der Waals surface area contributed by atoms with Crippen LogP contribution in [0.3, 0.4) is 0 Å². The minimum atomic E-state index is 0.0839. The van der Waals surface area contributed by atoms with Gasteiger partial charge in [0, 0.05) is 25.8 Å². The molecule has 1 aromatic heterocycles. The van der Waals surface area contributed by atoms with Gasteiger partial charge in [0.05, 0.1) is 0 Å². The predicted molar refractivity (Wildman–Crippen MR) is 105 cm³/mol. The summed E-state index contributed by atoms with van der Waals surface area (Å²) in [6.07, 6.45) is 11.3. The van der Waals surface area contributed by atoms with Crippen LogP contribution in [0.15, 0.2) is 46.9 Å². The van der Waals surface area contributed by atoms with Crippen molar-refractivity contribution >= 4 is 5.91 Å². The highest BCUT2D eigenvalue weighted by Gasteiger charge is 2.62. The van der Waals surface area contributed by atoms with E-state index < -0.39 is 0 Å². The van der Waals surface area contributed by atoms with Crippen molar-refractivity contribution in [3.05, 3.63) is 59.8 Å². The van der Waals surface area contributed by atoms with Gasteiger partial charge in [0.1, 0.15) is 0 Å². The van der Waals surface area contributed by atoms with Gasteiger partial charge in [0.25, 0.3) is 0 Å². The zero-order chi connectivity index (χ0) is 19.0. The van der Waals surface area contributed by atoms with Crippen LogP contribution in [0, 0.1) is 23.2 Å². The topological polar surface area (TPSA) is 68.0 Å². The van der Waals surface area contributed by atoms with Gasteiger partial charge in [-0.15, -0.1) is 10.2 Å². The summed E-state index contributed by atoms with van der Waals surface area (Å²) >= 11 is 0. The molecule has 2 bridgehead atoms. The molecule has 5 heteroatoms. The Kier molecular flexibility index (Phi) is 4.53. The fraction of sp³-hybridized carbons (Fsp3) is 0.522. The van der Waals surface area contributed by atoms with Gasteiger partial charge in [0.15, 0.2) is 0 Å². The van der Waals surface area contributed by atoms with E-state index in [1.54, 1.807) is 0 Å². The smallest absolute Gasteiger partial charge is 0.220 e. The van der Waals surface area contributed by atoms with Crippen molar-refractivity contribution in [1.29, 1.82) is 0 Å². The largest absolute Gasteiger partial charge is 0.425 e. The number of amides is 1. The van der Waals surface area contributed by atoms with Crippen LogP contribution in [0.25, 0.3) is 0 Å². The van der Waals surface area contributed by atoms with Crippen LogP contribution in [0.5, 0.6) is 0 Å². The van der Waals surface area contributed by atoms with Crippen molar-refractivity contribution in [3.63, 3.8) is 0 Å². The van der Waals surface area contributed by atoms with Gasteiger partial charge >= 0.3 is 0 Å². The van der Waals surface area contributed by atoms with Crippen molar-refractivity contribution in [2.75, 3.05) is 6.54 Å². The number of carbonyl (C=O) groups is 1. The second-order valence-electron chi connectivity index (χ2n) is 8.63. The van der Waals surface area contributed by atoms with E-state index in [4.69, 9.17) is 4.42 Å². The second-order valence-corrected chi connectivity index (χ2v) is 8.63. The molecule has 2 fully saturated rings. The third-order valence-corrected chi connectivity index (χ3v) is 6.95. The third-order valence-electron chi connectivity index (χ3n) is 6.95. The molecule has 3 aliphatic carbocycles. The second kappa shape index (κ2) is 7.19. The van der Waals surface area contributed by atoms with Crippen molar-refractivity contribution < 1.29 is 9.21 Å². The minimum absolute atomic E-state index is 0.0839. The lowest BCUT2D eigenvalue weighted by Crippen LogP contribution is -2.31. The first-order valence-electron chi connectivity index (χ1n) is 10.5. The molecule has 146 valence electrons. The molecule has 0 saturated heterocycles. The molecule has 2 aromatic rings. The lowest BCUT2D eigenvalue weighted by molar-refractivity contribution is -0.121. The molecule has 1 spiro atoms. The highest BCUT2D eigenvalue weighted by Crippen LogP contribution is 2.69. The maximum atomic E-state index is 12.3. The van der Waals surface area contributed by atoms with E-state index in [1.807, 2.05) is 18.2 Å². The molecule has 3 atom stereocenters. The van der Waals surface area contributed by atoms with Crippen molar-refractivity contribution in [2.45, 2.75) is 44.9 Å². The summed E-state index contributed by atoms with van der Waals surface area (Å²) in [5.41, 5.74) is 1.85. The first-order chi connectivity index (χ1) is 13.7. The number of nitrogens with one attached hydrogen (secondary N) is 1. The van der Waals surface area contributed by atoms with E-state index in [1.165, 1.54) is 24.8 Å². The van der Waals surface area contributed by atoms with E-state index in [9.17, 15) is 4.79 Å². The number of hydrogen-bond donors (Lipinski definition) is 1. The molecule has 28 heavy (non-hydrogen) atoms. The summed E-state index contributed by atoms with van der Waals surface area (Å²) in [5.74, 6) is 3.36. The maximum Gasteiger partial charge on any atom is 0.220 e. The quantitative estimate of drug-likeness (QED) is 0.715. The molecule has 1 N–H and O–H groups in total. The van der Waals surface area contributed by atoms with Gasteiger partial charge in [-0.1, -0.05) is 42.5 Å². The SMILES string of the molecule is O=C(CCc1nnc(CCc2ccccc2)o1)NC[C@@H]1C[C@@H]2C=C[C@@H]1C21CC1. The number of carbonyl (C=O) groups excluding carboxylic acids is 1. The number of rotatable bonds is 8. The van der Waals surface area contributed by atoms with Gasteiger partial charge < -0.3 is 9.73 Å². The van der Waals surface area contributed by atoms with Crippen LogP contribution in [0.2, 0.25) is 0 Å². The minimum Gasteiger partial charge on any atom is -0.425 e. The average molecular weight is 377 g/mol. The summed E-state index contributed by atoms with van der Waals surface area (Å²) in [6, 6.07) is 10.3. The number of hydrogen-bond acceptors (Lipinski definition) is 4. The Hall–Kier alpha value is -2.43. The van der Waals surface area contributed by atoms with Crippen LogP contribution in [-0.4, -0.2) is 22.6 Å². The lowest BCUT2D eigenvalue weighted by atomic mass is 9.89. The Morgan fingerprint density at radius 1 is 1.07 bits per heavy atom. The molecular formula is C23H27N3O2. The van der Waals surface area contributed by atoms with Gasteiger partial charge in [-0.25, -0.2) is 0 Å². The van der Waals surface area contributed by atoms with Gasteiger partial charge in [-0.3, -0.25) is 4.79 Å². The van der Waals surface area contributed by atoms with E-state index in [0.717, 1.165) is 25.3 Å². The zero-order valence-corrected chi connectivity index (χ0v) is 16.1. The number of benzene rings is 1. The molecule has 3 aliphatic rings. The average Bonchev–Trinajstić information content (AvgIpc) is 3.16. The van der Waals surface area contributed by atoms with E-state index in [-0.39, 0.29) is 5.91 Å². The normalized spacial score (nSPS) is 26.1. The first-order valence-corrected chi connectivity index (χ1v) is 10.5. The van der Waals surface area contributed by atoms with E-state index >= 15 is 0 Å². The van der Waals surface area contributed by atoms with Gasteiger partial charge in [-0.2, -0.15) is 0 Å². The Morgan fingerprint density at radius 2 is 1.86 bits per heavy atom. The first kappa shape index (κ1) is 17.7. The standard InChI is InChI=1S/C23H27N3O2/c27-20(24-15-17-14-18-7-8-19(17)23(18)12-13-23)9-11-22-26-25-21(28-22)10-6-16-4-2-1-3-5-16/h1-5,7-8,17-19H,6,9-15H2,(H,24,27)/t17-,18-,19-/m0/s1. The molecule has 0 radical (unpaired) electrons. The predicted octanol–water partition coefficient (Wildman–Crippen LogP) is 3.51. The van der Waals surface area contributed by atoms with Crippen LogP contribution < -0.4 is 5.32 Å².